The highest BCUT2D eigenvalue weighted by Crippen LogP contribution is 2.22. The number of unbranched alkanes of at least 4 members (excludes halogenated alkanes) is 3. The van der Waals surface area contributed by atoms with Gasteiger partial charge in [-0.15, -0.1) is 0 Å². The fourth-order valence-corrected chi connectivity index (χ4v) is 5.04. The molecule has 0 unspecified atom stereocenters. The molecular weight excluding hydrogens is 479 g/mol. The van der Waals surface area contributed by atoms with Gasteiger partial charge in [0.25, 0.3) is 5.91 Å². The van der Waals surface area contributed by atoms with Crippen LogP contribution in [0.1, 0.15) is 61.0 Å². The monoisotopic (exact) mass is 514 g/mol. The number of carbonyl (C=O) groups excluding carboxylic acids is 1. The molecule has 1 amide bonds. The first-order valence-electron chi connectivity index (χ1n) is 13.6. The van der Waals surface area contributed by atoms with Gasteiger partial charge < -0.3 is 4.90 Å². The Balaban J connectivity index is 1.23. The molecule has 0 atom stereocenters. The Hall–Kier alpha value is -3.78. The summed E-state index contributed by atoms with van der Waals surface area (Å²) < 4.78 is 15.4. The number of benzene rings is 2. The third-order valence-corrected chi connectivity index (χ3v) is 7.15. The fraction of sp³-hybridized carbons (Fsp3) is 0.367. The zero-order valence-corrected chi connectivity index (χ0v) is 21.7. The van der Waals surface area contributed by atoms with Crippen molar-refractivity contribution in [2.45, 2.75) is 51.4 Å². The number of imidazole rings is 1. The number of likely N-dealkylation sites (tertiary alicyclic amines) is 1. The molecule has 0 radical (unpaired) electrons. The zero-order chi connectivity index (χ0) is 26.2. The number of hydrogen-bond acceptors (Lipinski definition) is 4. The number of anilines is 1. The summed E-state index contributed by atoms with van der Waals surface area (Å²) in [6.07, 6.45) is 15.0. The van der Waals surface area contributed by atoms with Crippen molar-refractivity contribution in [3.63, 3.8) is 0 Å². The van der Waals surface area contributed by atoms with E-state index in [0.717, 1.165) is 41.8 Å². The van der Waals surface area contributed by atoms with Gasteiger partial charge in [-0.3, -0.25) is 19.8 Å². The summed E-state index contributed by atoms with van der Waals surface area (Å²) in [6, 6.07) is 13.6. The van der Waals surface area contributed by atoms with Gasteiger partial charge in [-0.25, -0.2) is 9.37 Å². The largest absolute Gasteiger partial charge is 0.303 e. The normalized spacial score (nSPS) is 14.0. The molecule has 198 valence electrons. The van der Waals surface area contributed by atoms with Crippen LogP contribution < -0.4 is 5.32 Å². The van der Waals surface area contributed by atoms with E-state index in [1.54, 1.807) is 30.6 Å². The second kappa shape index (κ2) is 12.6. The van der Waals surface area contributed by atoms with Crippen LogP contribution in [-0.2, 0) is 6.42 Å². The minimum absolute atomic E-state index is 0.256. The van der Waals surface area contributed by atoms with Crippen LogP contribution in [-0.4, -0.2) is 50.2 Å². The second-order valence-corrected chi connectivity index (χ2v) is 9.99. The van der Waals surface area contributed by atoms with Crippen molar-refractivity contribution >= 4 is 11.9 Å². The molecule has 0 spiro atoms. The van der Waals surface area contributed by atoms with Crippen LogP contribution in [0.4, 0.5) is 10.3 Å². The maximum atomic E-state index is 13.6. The van der Waals surface area contributed by atoms with Crippen LogP contribution in [0.5, 0.6) is 0 Å². The first-order chi connectivity index (χ1) is 18.7. The van der Waals surface area contributed by atoms with E-state index in [-0.39, 0.29) is 11.7 Å². The Morgan fingerprint density at radius 2 is 1.79 bits per heavy atom. The molecule has 5 rings (SSSR count). The number of carbonyl (C=O) groups is 1. The second-order valence-electron chi connectivity index (χ2n) is 9.99. The van der Waals surface area contributed by atoms with Crippen molar-refractivity contribution in [1.82, 2.24) is 24.6 Å². The summed E-state index contributed by atoms with van der Waals surface area (Å²) in [5.74, 6) is -0.135. The Kier molecular flexibility index (Phi) is 8.60. The number of halogens is 1. The molecule has 4 aromatic rings. The number of nitrogens with one attached hydrogen (secondary N) is 2. The molecule has 7 nitrogen and oxygen atoms in total. The van der Waals surface area contributed by atoms with Gasteiger partial charge in [0.1, 0.15) is 5.82 Å². The topological polar surface area (TPSA) is 78.8 Å². The number of amides is 1. The Morgan fingerprint density at radius 3 is 2.58 bits per heavy atom. The van der Waals surface area contributed by atoms with Gasteiger partial charge in [-0.05, 0) is 93.7 Å². The summed E-state index contributed by atoms with van der Waals surface area (Å²) in [7, 11) is 0. The van der Waals surface area contributed by atoms with E-state index in [4.69, 9.17) is 4.98 Å². The lowest BCUT2D eigenvalue weighted by molar-refractivity contribution is 0.102. The van der Waals surface area contributed by atoms with Crippen molar-refractivity contribution in [2.75, 3.05) is 25.0 Å². The van der Waals surface area contributed by atoms with Gasteiger partial charge in [0.05, 0.1) is 11.9 Å². The molecule has 1 saturated heterocycles. The molecule has 1 aliphatic heterocycles. The van der Waals surface area contributed by atoms with E-state index in [9.17, 15) is 9.18 Å². The van der Waals surface area contributed by atoms with E-state index >= 15 is 0 Å². The minimum atomic E-state index is -0.305. The molecule has 2 aromatic carbocycles. The lowest BCUT2D eigenvalue weighted by Gasteiger charge is -2.26. The van der Waals surface area contributed by atoms with Crippen molar-refractivity contribution < 1.29 is 9.18 Å². The van der Waals surface area contributed by atoms with Gasteiger partial charge in [0.2, 0.25) is 5.95 Å². The molecule has 1 aliphatic rings. The number of aryl methyl sites for hydroxylation is 1. The molecule has 2 N–H and O–H groups in total. The number of piperidine rings is 1. The zero-order valence-electron chi connectivity index (χ0n) is 21.7. The Labute approximate surface area is 223 Å². The van der Waals surface area contributed by atoms with Crippen LogP contribution in [0, 0.1) is 5.82 Å². The van der Waals surface area contributed by atoms with E-state index in [1.165, 1.54) is 63.9 Å². The highest BCUT2D eigenvalue weighted by atomic mass is 19.1. The molecule has 8 heteroatoms. The first kappa shape index (κ1) is 25.9. The summed E-state index contributed by atoms with van der Waals surface area (Å²) in [5.41, 5.74) is 3.98. The number of rotatable bonds is 11. The molecule has 0 aliphatic carbocycles. The van der Waals surface area contributed by atoms with Crippen LogP contribution in [0.2, 0.25) is 0 Å². The van der Waals surface area contributed by atoms with Gasteiger partial charge in [0.15, 0.2) is 0 Å². The molecule has 1 fully saturated rings. The predicted molar refractivity (Wildman–Crippen MR) is 148 cm³/mol. The lowest BCUT2D eigenvalue weighted by atomic mass is 10.1. The molecule has 3 heterocycles. The van der Waals surface area contributed by atoms with E-state index in [1.807, 2.05) is 29.0 Å². The Morgan fingerprint density at radius 1 is 0.974 bits per heavy atom. The summed E-state index contributed by atoms with van der Waals surface area (Å²) in [4.78, 5) is 20.5. The summed E-state index contributed by atoms with van der Waals surface area (Å²) in [6.45, 7) is 3.71. The first-order valence-corrected chi connectivity index (χ1v) is 13.6. The molecule has 0 bridgehead atoms. The molecule has 38 heavy (non-hydrogen) atoms. The third-order valence-electron chi connectivity index (χ3n) is 7.15. The minimum Gasteiger partial charge on any atom is -0.303 e. The summed E-state index contributed by atoms with van der Waals surface area (Å²) >= 11 is 0. The van der Waals surface area contributed by atoms with Crippen LogP contribution >= 0.6 is 0 Å². The molecule has 2 aromatic heterocycles. The highest BCUT2D eigenvalue weighted by molar-refractivity contribution is 6.04. The SMILES string of the molecule is O=C(Nc1nc(CCCCCCN2CCCCC2)cn1-c1ccc(F)cc1)c1cccc(-c2cn[nH]c2)c1. The van der Waals surface area contributed by atoms with Gasteiger partial charge in [-0.1, -0.05) is 31.4 Å². The fourth-order valence-electron chi connectivity index (χ4n) is 5.04. The van der Waals surface area contributed by atoms with Crippen molar-refractivity contribution in [3.05, 3.63) is 84.2 Å². The quantitative estimate of drug-likeness (QED) is 0.232. The number of aromatic nitrogens is 4. The van der Waals surface area contributed by atoms with Crippen LogP contribution in [0.25, 0.3) is 16.8 Å². The van der Waals surface area contributed by atoms with Crippen LogP contribution in [0.15, 0.2) is 67.1 Å². The van der Waals surface area contributed by atoms with Gasteiger partial charge in [-0.2, -0.15) is 5.10 Å². The van der Waals surface area contributed by atoms with E-state index < -0.39 is 0 Å². The van der Waals surface area contributed by atoms with Crippen molar-refractivity contribution in [3.8, 4) is 16.8 Å². The summed E-state index contributed by atoms with van der Waals surface area (Å²) in [5, 5.41) is 9.76. The number of aromatic amines is 1. The number of H-pyrrole nitrogens is 1. The van der Waals surface area contributed by atoms with Crippen molar-refractivity contribution in [2.24, 2.45) is 0 Å². The predicted octanol–water partition coefficient (Wildman–Crippen LogP) is 6.24. The molecular formula is C30H35FN6O. The highest BCUT2D eigenvalue weighted by Gasteiger charge is 2.15. The van der Waals surface area contributed by atoms with E-state index in [0.29, 0.717) is 11.5 Å². The average Bonchev–Trinajstić information content (AvgIpc) is 3.63. The smallest absolute Gasteiger partial charge is 0.258 e. The standard InChI is InChI=1S/C30H35FN6O/c31-26-12-14-28(15-13-26)37-22-27(11-4-1-2-5-16-36-17-6-3-7-18-36)34-30(37)35-29(38)24-10-8-9-23(19-24)25-20-32-33-21-25/h8-10,12-15,19-22H,1-7,11,16-18H2,(H,32,33)(H,34,35,38). The lowest BCUT2D eigenvalue weighted by Crippen LogP contribution is -2.30. The molecule has 0 saturated carbocycles. The third kappa shape index (κ3) is 6.75. The van der Waals surface area contributed by atoms with E-state index in [2.05, 4.69) is 20.4 Å². The van der Waals surface area contributed by atoms with Gasteiger partial charge >= 0.3 is 0 Å². The maximum Gasteiger partial charge on any atom is 0.258 e. The number of hydrogen-bond donors (Lipinski definition) is 2. The maximum absolute atomic E-state index is 13.6. The van der Waals surface area contributed by atoms with Gasteiger partial charge in [0, 0.05) is 29.2 Å². The average molecular weight is 515 g/mol. The Bertz CT molecular complexity index is 1310. The van der Waals surface area contributed by atoms with Crippen molar-refractivity contribution in [1.29, 1.82) is 0 Å². The number of nitrogens with zero attached hydrogens (tertiary/aromatic N) is 4. The van der Waals surface area contributed by atoms with Crippen LogP contribution in [0.3, 0.4) is 0 Å².